The molecule has 0 heterocycles. The van der Waals surface area contributed by atoms with Gasteiger partial charge in [-0.1, -0.05) is 22.7 Å². The molecule has 28 heavy (non-hydrogen) atoms. The summed E-state index contributed by atoms with van der Waals surface area (Å²) in [6.45, 7) is 3.88. The van der Waals surface area contributed by atoms with Crippen LogP contribution in [0.3, 0.4) is 0 Å². The van der Waals surface area contributed by atoms with Crippen molar-refractivity contribution in [1.82, 2.24) is 0 Å². The molecule has 0 aliphatic heterocycles. The quantitative estimate of drug-likeness (QED) is 0.649. The largest absolute Gasteiger partial charge is 0.481 e. The fourth-order valence-corrected chi connectivity index (χ4v) is 3.43. The molecule has 6 heteroatoms. The van der Waals surface area contributed by atoms with E-state index in [4.69, 9.17) is 16.3 Å². The summed E-state index contributed by atoms with van der Waals surface area (Å²) in [4.78, 5) is 24.3. The van der Waals surface area contributed by atoms with Crippen molar-refractivity contribution in [2.45, 2.75) is 26.7 Å². The molecule has 0 saturated heterocycles. The summed E-state index contributed by atoms with van der Waals surface area (Å²) in [5.74, 6) is -1.20. The van der Waals surface area contributed by atoms with E-state index in [2.05, 4.69) is 5.32 Å². The molecule has 1 aliphatic carbocycles. The topological polar surface area (TPSA) is 75.6 Å². The lowest BCUT2D eigenvalue weighted by Gasteiger charge is -2.29. The average Bonchev–Trinajstić information content (AvgIpc) is 2.66. The fourth-order valence-electron chi connectivity index (χ4n) is 3.31. The van der Waals surface area contributed by atoms with Gasteiger partial charge in [0.25, 0.3) is 0 Å². The van der Waals surface area contributed by atoms with Gasteiger partial charge in [-0.05, 0) is 75.2 Å². The highest BCUT2D eigenvalue weighted by Crippen LogP contribution is 2.35. The molecule has 0 aromatic heterocycles. The molecule has 0 spiro atoms. The average molecular weight is 400 g/mol. The van der Waals surface area contributed by atoms with Crippen molar-refractivity contribution in [3.8, 4) is 11.5 Å². The van der Waals surface area contributed by atoms with Crippen molar-refractivity contribution in [2.24, 2.45) is 11.8 Å². The number of allylic oxidation sites excluding steroid dienone is 2. The Kier molecular flexibility index (Phi) is 6.05. The minimum Gasteiger partial charge on any atom is -0.481 e. The van der Waals surface area contributed by atoms with Crippen LogP contribution < -0.4 is 10.1 Å². The number of aliphatic carboxylic acids is 1. The molecular formula is C22H22ClNO4. The van der Waals surface area contributed by atoms with E-state index in [9.17, 15) is 14.7 Å². The first kappa shape index (κ1) is 20.0. The predicted molar refractivity (Wildman–Crippen MR) is 109 cm³/mol. The summed E-state index contributed by atoms with van der Waals surface area (Å²) in [6.07, 6.45) is 0.875. The molecule has 2 N–H and O–H groups in total. The van der Waals surface area contributed by atoms with Crippen molar-refractivity contribution in [3.05, 3.63) is 64.7 Å². The third kappa shape index (κ3) is 4.73. The molecule has 0 saturated carbocycles. The van der Waals surface area contributed by atoms with Crippen LogP contribution in [0.1, 0.15) is 26.7 Å². The number of carbonyl (C=O) groups excluding carboxylic acids is 1. The first-order valence-electron chi connectivity index (χ1n) is 9.06. The number of ether oxygens (including phenoxy) is 1. The van der Waals surface area contributed by atoms with Crippen LogP contribution in [-0.4, -0.2) is 17.0 Å². The number of carboxylic acid groups (broad SMARTS) is 1. The zero-order chi connectivity index (χ0) is 20.3. The highest BCUT2D eigenvalue weighted by atomic mass is 35.5. The van der Waals surface area contributed by atoms with Crippen molar-refractivity contribution < 1.29 is 19.4 Å². The molecule has 1 amide bonds. The highest BCUT2D eigenvalue weighted by Gasteiger charge is 2.37. The molecule has 2 aromatic carbocycles. The summed E-state index contributed by atoms with van der Waals surface area (Å²) in [7, 11) is 0. The second kappa shape index (κ2) is 8.48. The number of anilines is 1. The molecule has 2 atom stereocenters. The van der Waals surface area contributed by atoms with E-state index in [1.807, 2.05) is 13.8 Å². The Labute approximate surface area is 169 Å². The van der Waals surface area contributed by atoms with E-state index in [-0.39, 0.29) is 5.91 Å². The molecule has 3 rings (SSSR count). The van der Waals surface area contributed by atoms with Crippen LogP contribution in [0.2, 0.25) is 5.02 Å². The van der Waals surface area contributed by atoms with Crippen LogP contribution in [0.4, 0.5) is 5.69 Å². The molecule has 2 unspecified atom stereocenters. The second-order valence-electron chi connectivity index (χ2n) is 7.09. The number of nitrogens with one attached hydrogen (secondary N) is 1. The summed E-state index contributed by atoms with van der Waals surface area (Å²) < 4.78 is 5.73. The Balaban J connectivity index is 1.66. The van der Waals surface area contributed by atoms with Gasteiger partial charge in [-0.15, -0.1) is 0 Å². The maximum Gasteiger partial charge on any atom is 0.307 e. The number of benzene rings is 2. The van der Waals surface area contributed by atoms with E-state index in [1.165, 1.54) is 0 Å². The predicted octanol–water partition coefficient (Wildman–Crippen LogP) is 5.52. The Morgan fingerprint density at radius 2 is 1.43 bits per heavy atom. The maximum atomic E-state index is 12.7. The first-order chi connectivity index (χ1) is 13.3. The van der Waals surface area contributed by atoms with Crippen LogP contribution in [-0.2, 0) is 9.59 Å². The van der Waals surface area contributed by atoms with Gasteiger partial charge in [-0.25, -0.2) is 0 Å². The van der Waals surface area contributed by atoms with Crippen molar-refractivity contribution in [1.29, 1.82) is 0 Å². The molecule has 5 nitrogen and oxygen atoms in total. The third-order valence-electron chi connectivity index (χ3n) is 5.09. The zero-order valence-electron chi connectivity index (χ0n) is 15.7. The first-order valence-corrected chi connectivity index (χ1v) is 9.43. The molecule has 2 aromatic rings. The number of amides is 1. The van der Waals surface area contributed by atoms with Crippen LogP contribution in [0, 0.1) is 11.8 Å². The summed E-state index contributed by atoms with van der Waals surface area (Å²) >= 11 is 5.86. The summed E-state index contributed by atoms with van der Waals surface area (Å²) in [5.41, 5.74) is 2.74. The number of carboxylic acids is 1. The SMILES string of the molecule is CC1=C(C)CC(C(=O)Nc2ccc(Oc3ccc(Cl)cc3)cc2)C(C(=O)O)C1. The lowest BCUT2D eigenvalue weighted by molar-refractivity contribution is -0.146. The Morgan fingerprint density at radius 3 is 1.96 bits per heavy atom. The molecule has 0 fully saturated rings. The zero-order valence-corrected chi connectivity index (χ0v) is 16.5. The van der Waals surface area contributed by atoms with Crippen LogP contribution in [0.15, 0.2) is 59.7 Å². The molecule has 146 valence electrons. The Morgan fingerprint density at radius 1 is 0.929 bits per heavy atom. The number of rotatable bonds is 5. The number of hydrogen-bond acceptors (Lipinski definition) is 3. The van der Waals surface area contributed by atoms with Gasteiger partial charge in [0, 0.05) is 10.7 Å². The maximum absolute atomic E-state index is 12.7. The molecule has 0 bridgehead atoms. The number of halogens is 1. The van der Waals surface area contributed by atoms with Gasteiger partial charge in [-0.3, -0.25) is 9.59 Å². The van der Waals surface area contributed by atoms with Gasteiger partial charge in [0.15, 0.2) is 0 Å². The number of carbonyl (C=O) groups is 2. The van der Waals surface area contributed by atoms with Crippen LogP contribution >= 0.6 is 11.6 Å². The van der Waals surface area contributed by atoms with E-state index in [0.29, 0.717) is 35.1 Å². The van der Waals surface area contributed by atoms with Gasteiger partial charge >= 0.3 is 5.97 Å². The third-order valence-corrected chi connectivity index (χ3v) is 5.34. The van der Waals surface area contributed by atoms with E-state index < -0.39 is 17.8 Å². The number of hydrogen-bond donors (Lipinski definition) is 2. The molecular weight excluding hydrogens is 378 g/mol. The van der Waals surface area contributed by atoms with E-state index in [1.54, 1.807) is 48.5 Å². The lowest BCUT2D eigenvalue weighted by Crippen LogP contribution is -2.36. The lowest BCUT2D eigenvalue weighted by atomic mass is 9.76. The Bertz CT molecular complexity index is 903. The van der Waals surface area contributed by atoms with Gasteiger partial charge in [0.1, 0.15) is 11.5 Å². The van der Waals surface area contributed by atoms with Crippen LogP contribution in [0.5, 0.6) is 11.5 Å². The monoisotopic (exact) mass is 399 g/mol. The van der Waals surface area contributed by atoms with E-state index >= 15 is 0 Å². The summed E-state index contributed by atoms with van der Waals surface area (Å²) in [5, 5.41) is 13.0. The van der Waals surface area contributed by atoms with Crippen molar-refractivity contribution in [3.63, 3.8) is 0 Å². The van der Waals surface area contributed by atoms with Crippen LogP contribution in [0.25, 0.3) is 0 Å². The van der Waals surface area contributed by atoms with Gasteiger partial charge in [-0.2, -0.15) is 0 Å². The standard InChI is InChI=1S/C22H22ClNO4/c1-13-11-19(20(22(26)27)12-14(13)2)21(25)24-16-5-9-18(10-6-16)28-17-7-3-15(23)4-8-17/h3-10,19-20H,11-12H2,1-2H3,(H,24,25)(H,26,27). The minimum atomic E-state index is -0.932. The summed E-state index contributed by atoms with van der Waals surface area (Å²) in [6, 6.07) is 14.0. The smallest absolute Gasteiger partial charge is 0.307 e. The minimum absolute atomic E-state index is 0.273. The van der Waals surface area contributed by atoms with Gasteiger partial charge < -0.3 is 15.2 Å². The van der Waals surface area contributed by atoms with Crippen molar-refractivity contribution >= 4 is 29.2 Å². The van der Waals surface area contributed by atoms with Gasteiger partial charge in [0.05, 0.1) is 11.8 Å². The second-order valence-corrected chi connectivity index (χ2v) is 7.53. The molecule has 1 aliphatic rings. The highest BCUT2D eigenvalue weighted by molar-refractivity contribution is 6.30. The Hall–Kier alpha value is -2.79. The normalized spacial score (nSPS) is 19.2. The van der Waals surface area contributed by atoms with E-state index in [0.717, 1.165) is 11.1 Å². The van der Waals surface area contributed by atoms with Crippen molar-refractivity contribution in [2.75, 3.05) is 5.32 Å². The molecule has 0 radical (unpaired) electrons. The van der Waals surface area contributed by atoms with Gasteiger partial charge in [0.2, 0.25) is 5.91 Å². The fraction of sp³-hybridized carbons (Fsp3) is 0.273.